The Hall–Kier alpha value is -2.01. The first kappa shape index (κ1) is 13.4. The first-order chi connectivity index (χ1) is 9.04. The number of nitrogens with one attached hydrogen (secondary N) is 2. The lowest BCUT2D eigenvalue weighted by atomic mass is 10.2. The Morgan fingerprint density at radius 1 is 1.16 bits per heavy atom. The summed E-state index contributed by atoms with van der Waals surface area (Å²) in [6, 6.07) is 10.5. The third-order valence-electron chi connectivity index (χ3n) is 2.56. The van der Waals surface area contributed by atoms with Crippen LogP contribution in [0.25, 0.3) is 0 Å². The second-order valence-corrected chi connectivity index (χ2v) is 4.62. The molecule has 98 valence electrons. The zero-order chi connectivity index (χ0) is 13.8. The minimum atomic E-state index is -0.263. The van der Waals surface area contributed by atoms with Crippen molar-refractivity contribution < 1.29 is 4.39 Å². The van der Waals surface area contributed by atoms with Crippen LogP contribution in [-0.2, 0) is 0 Å². The standard InChI is InChI=1S/C14H14FN3S/c1-9-6-7-11(8-12(9)15)17-14(19)18-13-5-3-4-10(2)16-13/h3-8H,1-2H3,(H2,16,17,18,19). The SMILES string of the molecule is Cc1cccc(NC(=S)Nc2ccc(C)c(F)c2)n1. The number of rotatable bonds is 2. The normalized spacial score (nSPS) is 10.1. The fourth-order valence-electron chi connectivity index (χ4n) is 1.56. The molecule has 19 heavy (non-hydrogen) atoms. The molecule has 0 aliphatic rings. The Balaban J connectivity index is 2.03. The predicted molar refractivity (Wildman–Crippen MR) is 80.0 cm³/mol. The van der Waals surface area contributed by atoms with E-state index in [0.29, 0.717) is 22.2 Å². The van der Waals surface area contributed by atoms with E-state index in [4.69, 9.17) is 12.2 Å². The van der Waals surface area contributed by atoms with Crippen molar-refractivity contribution in [3.05, 3.63) is 53.5 Å². The number of pyridine rings is 1. The zero-order valence-corrected chi connectivity index (χ0v) is 11.5. The molecule has 0 bridgehead atoms. The molecule has 1 aromatic carbocycles. The molecule has 0 spiro atoms. The van der Waals surface area contributed by atoms with E-state index >= 15 is 0 Å². The Morgan fingerprint density at radius 2 is 1.95 bits per heavy atom. The highest BCUT2D eigenvalue weighted by molar-refractivity contribution is 7.80. The summed E-state index contributed by atoms with van der Waals surface area (Å²) in [6.07, 6.45) is 0. The predicted octanol–water partition coefficient (Wildman–Crippen LogP) is 3.65. The molecule has 2 aromatic rings. The van der Waals surface area contributed by atoms with Gasteiger partial charge in [0, 0.05) is 11.4 Å². The van der Waals surface area contributed by atoms with Crippen molar-refractivity contribution in [1.82, 2.24) is 4.98 Å². The topological polar surface area (TPSA) is 37.0 Å². The van der Waals surface area contributed by atoms with Crippen LogP contribution in [0.3, 0.4) is 0 Å². The fourth-order valence-corrected chi connectivity index (χ4v) is 1.78. The summed E-state index contributed by atoms with van der Waals surface area (Å²) in [4.78, 5) is 4.27. The molecule has 2 rings (SSSR count). The number of aromatic nitrogens is 1. The van der Waals surface area contributed by atoms with Gasteiger partial charge in [0.2, 0.25) is 0 Å². The van der Waals surface area contributed by atoms with Gasteiger partial charge in [0.25, 0.3) is 0 Å². The van der Waals surface area contributed by atoms with Gasteiger partial charge in [0.15, 0.2) is 5.11 Å². The van der Waals surface area contributed by atoms with Crippen LogP contribution in [0.2, 0.25) is 0 Å². The fraction of sp³-hybridized carbons (Fsp3) is 0.143. The molecule has 1 aromatic heterocycles. The van der Waals surface area contributed by atoms with Crippen LogP contribution in [-0.4, -0.2) is 10.1 Å². The van der Waals surface area contributed by atoms with E-state index in [9.17, 15) is 4.39 Å². The van der Waals surface area contributed by atoms with Crippen LogP contribution in [0.1, 0.15) is 11.3 Å². The smallest absolute Gasteiger partial charge is 0.176 e. The Labute approximate surface area is 116 Å². The lowest BCUT2D eigenvalue weighted by Crippen LogP contribution is -2.20. The molecule has 5 heteroatoms. The Bertz CT molecular complexity index is 613. The maximum Gasteiger partial charge on any atom is 0.176 e. The summed E-state index contributed by atoms with van der Waals surface area (Å²) in [7, 11) is 0. The molecule has 0 saturated heterocycles. The summed E-state index contributed by atoms with van der Waals surface area (Å²) in [5.74, 6) is 0.395. The van der Waals surface area contributed by atoms with Crippen molar-refractivity contribution in [3.63, 3.8) is 0 Å². The van der Waals surface area contributed by atoms with E-state index in [1.54, 1.807) is 19.1 Å². The number of anilines is 2. The summed E-state index contributed by atoms with van der Waals surface area (Å²) in [5, 5.41) is 6.25. The molecule has 0 amide bonds. The van der Waals surface area contributed by atoms with Gasteiger partial charge in [0.05, 0.1) is 0 Å². The molecule has 2 N–H and O–H groups in total. The summed E-state index contributed by atoms with van der Waals surface area (Å²) in [5.41, 5.74) is 2.10. The van der Waals surface area contributed by atoms with Gasteiger partial charge < -0.3 is 10.6 Å². The van der Waals surface area contributed by atoms with E-state index in [-0.39, 0.29) is 5.82 Å². The average Bonchev–Trinajstić information content (AvgIpc) is 2.34. The van der Waals surface area contributed by atoms with E-state index in [2.05, 4.69) is 15.6 Å². The molecule has 0 atom stereocenters. The van der Waals surface area contributed by atoms with Crippen molar-refractivity contribution in [2.75, 3.05) is 10.6 Å². The second kappa shape index (κ2) is 5.75. The highest BCUT2D eigenvalue weighted by Gasteiger charge is 2.02. The summed E-state index contributed by atoms with van der Waals surface area (Å²) in [6.45, 7) is 3.61. The van der Waals surface area contributed by atoms with Crippen LogP contribution in [0.4, 0.5) is 15.9 Å². The van der Waals surface area contributed by atoms with Gasteiger partial charge in [-0.3, -0.25) is 0 Å². The lowest BCUT2D eigenvalue weighted by Gasteiger charge is -2.10. The quantitative estimate of drug-likeness (QED) is 0.820. The molecule has 0 fully saturated rings. The monoisotopic (exact) mass is 275 g/mol. The molecular weight excluding hydrogens is 261 g/mol. The number of hydrogen-bond donors (Lipinski definition) is 2. The molecule has 0 saturated carbocycles. The van der Waals surface area contributed by atoms with Gasteiger partial charge in [-0.2, -0.15) is 0 Å². The molecule has 0 aliphatic carbocycles. The minimum Gasteiger partial charge on any atom is -0.332 e. The zero-order valence-electron chi connectivity index (χ0n) is 10.7. The third kappa shape index (κ3) is 3.72. The molecular formula is C14H14FN3S. The van der Waals surface area contributed by atoms with Gasteiger partial charge >= 0.3 is 0 Å². The van der Waals surface area contributed by atoms with Crippen LogP contribution < -0.4 is 10.6 Å². The molecule has 0 aliphatic heterocycles. The highest BCUT2D eigenvalue weighted by atomic mass is 32.1. The highest BCUT2D eigenvalue weighted by Crippen LogP contribution is 2.14. The van der Waals surface area contributed by atoms with E-state index in [0.717, 1.165) is 5.69 Å². The first-order valence-electron chi connectivity index (χ1n) is 5.82. The average molecular weight is 275 g/mol. The molecule has 3 nitrogen and oxygen atoms in total. The van der Waals surface area contributed by atoms with Gasteiger partial charge in [0.1, 0.15) is 11.6 Å². The summed E-state index contributed by atoms with van der Waals surface area (Å²) < 4.78 is 13.4. The van der Waals surface area contributed by atoms with Crippen molar-refractivity contribution in [3.8, 4) is 0 Å². The second-order valence-electron chi connectivity index (χ2n) is 4.21. The first-order valence-corrected chi connectivity index (χ1v) is 6.23. The van der Waals surface area contributed by atoms with Crippen molar-refractivity contribution in [2.24, 2.45) is 0 Å². The van der Waals surface area contributed by atoms with E-state index < -0.39 is 0 Å². The maximum atomic E-state index is 13.4. The van der Waals surface area contributed by atoms with Crippen LogP contribution in [0.15, 0.2) is 36.4 Å². The van der Waals surface area contributed by atoms with Gasteiger partial charge in [-0.15, -0.1) is 0 Å². The number of thiocarbonyl (C=S) groups is 1. The number of nitrogens with zero attached hydrogens (tertiary/aromatic N) is 1. The number of halogens is 1. The van der Waals surface area contributed by atoms with Crippen molar-refractivity contribution >= 4 is 28.8 Å². The largest absolute Gasteiger partial charge is 0.332 e. The number of benzene rings is 1. The molecule has 0 radical (unpaired) electrons. The molecule has 0 unspecified atom stereocenters. The van der Waals surface area contributed by atoms with Crippen LogP contribution in [0, 0.1) is 19.7 Å². The number of aryl methyl sites for hydroxylation is 2. The Morgan fingerprint density at radius 3 is 2.63 bits per heavy atom. The van der Waals surface area contributed by atoms with Gasteiger partial charge in [-0.05, 0) is 55.9 Å². The van der Waals surface area contributed by atoms with Crippen molar-refractivity contribution in [2.45, 2.75) is 13.8 Å². The number of hydrogen-bond acceptors (Lipinski definition) is 2. The molecule has 1 heterocycles. The minimum absolute atomic E-state index is 0.263. The van der Waals surface area contributed by atoms with Crippen LogP contribution >= 0.6 is 12.2 Å². The van der Waals surface area contributed by atoms with Gasteiger partial charge in [-0.1, -0.05) is 12.1 Å². The lowest BCUT2D eigenvalue weighted by molar-refractivity contribution is 0.619. The van der Waals surface area contributed by atoms with Crippen LogP contribution in [0.5, 0.6) is 0 Å². The van der Waals surface area contributed by atoms with Gasteiger partial charge in [-0.25, -0.2) is 9.37 Å². The summed E-state index contributed by atoms with van der Waals surface area (Å²) >= 11 is 5.15. The van der Waals surface area contributed by atoms with Crippen molar-refractivity contribution in [1.29, 1.82) is 0 Å². The van der Waals surface area contributed by atoms with E-state index in [1.165, 1.54) is 6.07 Å². The Kier molecular flexibility index (Phi) is 4.06. The van der Waals surface area contributed by atoms with E-state index in [1.807, 2.05) is 25.1 Å². The maximum absolute atomic E-state index is 13.4. The third-order valence-corrected chi connectivity index (χ3v) is 2.76.